The van der Waals surface area contributed by atoms with Crippen molar-refractivity contribution in [1.82, 2.24) is 0 Å². The van der Waals surface area contributed by atoms with Gasteiger partial charge >= 0.3 is 0 Å². The van der Waals surface area contributed by atoms with E-state index in [1.807, 2.05) is 6.08 Å². The SMILES string of the molecule is COc1cc(N2C[C@@H](CC3=CC=C(O)CC3)C2=O)cc(OC)c1OC.COc1ccccc1O. The second-order valence-electron chi connectivity index (χ2n) is 7.89. The zero-order chi connectivity index (χ0) is 24.7. The highest BCUT2D eigenvalue weighted by atomic mass is 16.5. The van der Waals surface area contributed by atoms with Crippen LogP contribution in [0.15, 0.2) is 59.9 Å². The molecule has 34 heavy (non-hydrogen) atoms. The molecule has 1 saturated heterocycles. The van der Waals surface area contributed by atoms with Crippen LogP contribution in [0.2, 0.25) is 0 Å². The van der Waals surface area contributed by atoms with Crippen LogP contribution in [0.4, 0.5) is 5.69 Å². The number of anilines is 1. The van der Waals surface area contributed by atoms with Crippen molar-refractivity contribution in [3.63, 3.8) is 0 Å². The van der Waals surface area contributed by atoms with E-state index in [9.17, 15) is 9.90 Å². The van der Waals surface area contributed by atoms with Gasteiger partial charge in [-0.05, 0) is 31.1 Å². The molecule has 1 amide bonds. The molecule has 1 heterocycles. The number of phenols is 1. The first-order valence-corrected chi connectivity index (χ1v) is 10.9. The zero-order valence-electron chi connectivity index (χ0n) is 19.9. The number of rotatable bonds is 7. The fourth-order valence-corrected chi connectivity index (χ4v) is 3.89. The van der Waals surface area contributed by atoms with Crippen molar-refractivity contribution in [2.45, 2.75) is 19.3 Å². The van der Waals surface area contributed by atoms with Gasteiger partial charge in [0.15, 0.2) is 23.0 Å². The molecular formula is C26H31NO7. The second kappa shape index (κ2) is 11.4. The molecule has 1 aliphatic carbocycles. The number of aliphatic hydroxyl groups excluding tert-OH is 1. The van der Waals surface area contributed by atoms with Gasteiger partial charge in [-0.3, -0.25) is 4.79 Å². The van der Waals surface area contributed by atoms with Gasteiger partial charge < -0.3 is 34.1 Å². The van der Waals surface area contributed by atoms with E-state index in [0.717, 1.165) is 18.5 Å². The van der Waals surface area contributed by atoms with Gasteiger partial charge in [0, 0.05) is 25.1 Å². The van der Waals surface area contributed by atoms with Crippen LogP contribution in [0, 0.1) is 5.92 Å². The van der Waals surface area contributed by atoms with Crippen molar-refractivity contribution in [3.05, 3.63) is 59.9 Å². The van der Waals surface area contributed by atoms with Crippen molar-refractivity contribution in [1.29, 1.82) is 0 Å². The van der Waals surface area contributed by atoms with Crippen molar-refractivity contribution in [2.75, 3.05) is 39.9 Å². The van der Waals surface area contributed by atoms with Gasteiger partial charge in [0.2, 0.25) is 11.7 Å². The van der Waals surface area contributed by atoms with Crippen molar-refractivity contribution < 1.29 is 34.0 Å². The average Bonchev–Trinajstić information content (AvgIpc) is 2.86. The number of carbonyl (C=O) groups is 1. The Morgan fingerprint density at radius 3 is 2.00 bits per heavy atom. The van der Waals surface area contributed by atoms with E-state index >= 15 is 0 Å². The number of methoxy groups -OCH3 is 4. The summed E-state index contributed by atoms with van der Waals surface area (Å²) in [6.07, 6.45) is 5.86. The number of amides is 1. The summed E-state index contributed by atoms with van der Waals surface area (Å²) >= 11 is 0. The maximum Gasteiger partial charge on any atom is 0.232 e. The normalized spacial score (nSPS) is 16.9. The minimum Gasteiger partial charge on any atom is -0.512 e. The predicted molar refractivity (Wildman–Crippen MR) is 129 cm³/mol. The van der Waals surface area contributed by atoms with Gasteiger partial charge in [-0.1, -0.05) is 23.8 Å². The molecule has 2 N–H and O–H groups in total. The Morgan fingerprint density at radius 1 is 0.882 bits per heavy atom. The van der Waals surface area contributed by atoms with E-state index in [1.165, 1.54) is 12.7 Å². The average molecular weight is 470 g/mol. The molecule has 8 heteroatoms. The molecule has 8 nitrogen and oxygen atoms in total. The second-order valence-corrected chi connectivity index (χ2v) is 7.89. The largest absolute Gasteiger partial charge is 0.512 e. The Labute approximate surface area is 199 Å². The third-order valence-corrected chi connectivity index (χ3v) is 5.79. The molecule has 0 saturated carbocycles. The lowest BCUT2D eigenvalue weighted by molar-refractivity contribution is -0.127. The number of β-lactam (4-membered cyclic amide) rings is 1. The highest BCUT2D eigenvalue weighted by Gasteiger charge is 2.38. The highest BCUT2D eigenvalue weighted by molar-refractivity contribution is 6.02. The molecule has 0 bridgehead atoms. The molecule has 182 valence electrons. The Balaban J connectivity index is 0.000000302. The first-order valence-electron chi connectivity index (χ1n) is 10.9. The van der Waals surface area contributed by atoms with Crippen molar-refractivity contribution in [3.8, 4) is 28.7 Å². The van der Waals surface area contributed by atoms with Gasteiger partial charge in [0.05, 0.1) is 45.8 Å². The van der Waals surface area contributed by atoms with E-state index in [-0.39, 0.29) is 17.6 Å². The van der Waals surface area contributed by atoms with Gasteiger partial charge in [-0.2, -0.15) is 0 Å². The summed E-state index contributed by atoms with van der Waals surface area (Å²) in [5, 5.41) is 18.4. The minimum absolute atomic E-state index is 0.0148. The molecule has 2 aliphatic rings. The number of aromatic hydroxyl groups is 1. The number of para-hydroxylation sites is 2. The van der Waals surface area contributed by atoms with Crippen LogP contribution in [-0.2, 0) is 4.79 Å². The molecule has 0 unspecified atom stereocenters. The smallest absolute Gasteiger partial charge is 0.232 e. The van der Waals surface area contributed by atoms with Crippen LogP contribution in [-0.4, -0.2) is 51.1 Å². The fourth-order valence-electron chi connectivity index (χ4n) is 3.89. The first kappa shape index (κ1) is 24.8. The molecular weight excluding hydrogens is 438 g/mol. The molecule has 0 aromatic heterocycles. The predicted octanol–water partition coefficient (Wildman–Crippen LogP) is 4.63. The van der Waals surface area contributed by atoms with Crippen LogP contribution >= 0.6 is 0 Å². The van der Waals surface area contributed by atoms with Crippen LogP contribution in [0.1, 0.15) is 19.3 Å². The summed E-state index contributed by atoms with van der Waals surface area (Å²) in [5.41, 5.74) is 1.95. The fraction of sp³-hybridized carbons (Fsp3) is 0.346. The number of aliphatic hydroxyl groups is 1. The molecule has 0 radical (unpaired) electrons. The number of carbonyl (C=O) groups excluding carboxylic acids is 1. The first-order chi connectivity index (χ1) is 16.4. The maximum absolute atomic E-state index is 12.6. The van der Waals surface area contributed by atoms with Crippen LogP contribution < -0.4 is 23.8 Å². The lowest BCUT2D eigenvalue weighted by atomic mass is 9.87. The molecule has 1 fully saturated rings. The van der Waals surface area contributed by atoms with E-state index in [4.69, 9.17) is 24.1 Å². The number of ether oxygens (including phenoxy) is 4. The number of hydrogen-bond acceptors (Lipinski definition) is 7. The lowest BCUT2D eigenvalue weighted by Crippen LogP contribution is -2.52. The van der Waals surface area contributed by atoms with Crippen molar-refractivity contribution in [2.24, 2.45) is 5.92 Å². The monoisotopic (exact) mass is 469 g/mol. The van der Waals surface area contributed by atoms with Crippen molar-refractivity contribution >= 4 is 11.6 Å². The molecule has 0 spiro atoms. The molecule has 2 aromatic carbocycles. The molecule has 1 atom stereocenters. The van der Waals surface area contributed by atoms with E-state index in [1.54, 1.807) is 68.7 Å². The van der Waals surface area contributed by atoms with Crippen LogP contribution in [0.5, 0.6) is 28.7 Å². The summed E-state index contributed by atoms with van der Waals surface area (Å²) in [6, 6.07) is 10.4. The van der Waals surface area contributed by atoms with Gasteiger partial charge in [-0.15, -0.1) is 0 Å². The number of benzene rings is 2. The topological polar surface area (TPSA) is 97.7 Å². The molecule has 1 aliphatic heterocycles. The van der Waals surface area contributed by atoms with Gasteiger partial charge in [-0.25, -0.2) is 0 Å². The third kappa shape index (κ3) is 5.57. The number of allylic oxidation sites excluding steroid dienone is 4. The zero-order valence-corrected chi connectivity index (χ0v) is 19.9. The summed E-state index contributed by atoms with van der Waals surface area (Å²) in [4.78, 5) is 14.3. The Kier molecular flexibility index (Phi) is 8.29. The molecule has 4 rings (SSSR count). The number of phenolic OH excluding ortho intramolecular Hbond substituents is 1. The Hall–Kier alpha value is -3.81. The number of hydrogen-bond donors (Lipinski definition) is 2. The Morgan fingerprint density at radius 2 is 1.53 bits per heavy atom. The van der Waals surface area contributed by atoms with Gasteiger partial charge in [0.25, 0.3) is 0 Å². The van der Waals surface area contributed by atoms with Crippen LogP contribution in [0.3, 0.4) is 0 Å². The quantitative estimate of drug-likeness (QED) is 0.571. The highest BCUT2D eigenvalue weighted by Crippen LogP contribution is 2.43. The lowest BCUT2D eigenvalue weighted by Gasteiger charge is -2.39. The minimum atomic E-state index is -0.0148. The summed E-state index contributed by atoms with van der Waals surface area (Å²) in [5.74, 6) is 2.75. The summed E-state index contributed by atoms with van der Waals surface area (Å²) in [6.45, 7) is 0.657. The molecule has 2 aromatic rings. The maximum atomic E-state index is 12.6. The summed E-state index contributed by atoms with van der Waals surface area (Å²) in [7, 11) is 6.19. The van der Waals surface area contributed by atoms with E-state index < -0.39 is 0 Å². The third-order valence-electron chi connectivity index (χ3n) is 5.79. The number of nitrogens with zero attached hydrogens (tertiary/aromatic N) is 1. The van der Waals surface area contributed by atoms with Crippen LogP contribution in [0.25, 0.3) is 0 Å². The van der Waals surface area contributed by atoms with Gasteiger partial charge in [0.1, 0.15) is 0 Å². The summed E-state index contributed by atoms with van der Waals surface area (Å²) < 4.78 is 20.8. The Bertz CT molecular complexity index is 1050. The van der Waals surface area contributed by atoms with E-state index in [2.05, 4.69) is 0 Å². The standard InChI is InChI=1S/C19H23NO5.C7H8O2/c1-23-16-9-14(10-17(24-2)18(16)25-3)20-11-13(19(20)22)8-12-4-6-15(21)7-5-12;1-9-7-5-3-2-4-6(7)8/h4,6,9-10,13,21H,5,7-8,11H2,1-3H3;2-5,8H,1H3/t13-;/m1./s1. The van der Waals surface area contributed by atoms with E-state index in [0.29, 0.717) is 41.7 Å².